The molecule has 0 aromatic heterocycles. The molecule has 7 nitrogen and oxygen atoms in total. The summed E-state index contributed by atoms with van der Waals surface area (Å²) in [4.78, 5) is 34.5. The van der Waals surface area contributed by atoms with E-state index >= 15 is 0 Å². The van der Waals surface area contributed by atoms with E-state index in [1.807, 2.05) is 0 Å². The molecule has 0 N–H and O–H groups in total. The molecule has 0 amide bonds. The molecule has 0 saturated carbocycles. The summed E-state index contributed by atoms with van der Waals surface area (Å²) < 4.78 is 10.5. The van der Waals surface area contributed by atoms with E-state index in [0.717, 1.165) is 19.3 Å². The van der Waals surface area contributed by atoms with Gasteiger partial charge < -0.3 is 9.47 Å². The molecule has 0 aliphatic heterocycles. The van der Waals surface area contributed by atoms with Crippen molar-refractivity contribution in [2.24, 2.45) is 0 Å². The number of carbonyl (C=O) groups is 2. The Kier molecular flexibility index (Phi) is 10.9. The number of nitrogens with zero attached hydrogens (tertiary/aromatic N) is 1. The van der Waals surface area contributed by atoms with Crippen LogP contribution in [0.5, 0.6) is 5.75 Å². The van der Waals surface area contributed by atoms with E-state index in [2.05, 4.69) is 6.92 Å². The fourth-order valence-electron chi connectivity index (χ4n) is 3.21. The summed E-state index contributed by atoms with van der Waals surface area (Å²) in [6.45, 7) is 2.60. The lowest BCUT2D eigenvalue weighted by Gasteiger charge is -2.07. The molecule has 172 valence electrons. The van der Waals surface area contributed by atoms with Crippen molar-refractivity contribution in [3.05, 3.63) is 69.8 Å². The summed E-state index contributed by atoms with van der Waals surface area (Å²) in [5.41, 5.74) is 0.543. The lowest BCUT2D eigenvalue weighted by molar-refractivity contribution is -0.384. The average molecular weight is 442 g/mol. The van der Waals surface area contributed by atoms with E-state index in [1.54, 1.807) is 0 Å². The number of rotatable bonds is 14. The number of carbonyl (C=O) groups excluding carboxylic acids is 2. The van der Waals surface area contributed by atoms with Crippen molar-refractivity contribution in [2.45, 2.75) is 64.7 Å². The zero-order chi connectivity index (χ0) is 23.2. The monoisotopic (exact) mass is 441 g/mol. The van der Waals surface area contributed by atoms with Crippen molar-refractivity contribution in [3.8, 4) is 5.75 Å². The molecular formula is C25H31NO6. The molecule has 2 aromatic rings. The molecule has 0 unspecified atom stereocenters. The topological polar surface area (TPSA) is 95.7 Å². The molecule has 7 heteroatoms. The van der Waals surface area contributed by atoms with Gasteiger partial charge in [0.05, 0.1) is 22.7 Å². The number of hydrogen-bond acceptors (Lipinski definition) is 6. The van der Waals surface area contributed by atoms with Crippen LogP contribution in [0.2, 0.25) is 0 Å². The van der Waals surface area contributed by atoms with Crippen LogP contribution < -0.4 is 4.74 Å². The van der Waals surface area contributed by atoms with Gasteiger partial charge in [0.15, 0.2) is 0 Å². The Morgan fingerprint density at radius 2 is 1.25 bits per heavy atom. The number of ether oxygens (including phenoxy) is 2. The van der Waals surface area contributed by atoms with Gasteiger partial charge in [0.1, 0.15) is 5.75 Å². The van der Waals surface area contributed by atoms with Gasteiger partial charge in [-0.25, -0.2) is 9.59 Å². The predicted octanol–water partition coefficient (Wildman–Crippen LogP) is 6.50. The molecule has 0 spiro atoms. The lowest BCUT2D eigenvalue weighted by Crippen LogP contribution is -2.10. The molecule has 2 aromatic carbocycles. The summed E-state index contributed by atoms with van der Waals surface area (Å²) in [5.74, 6) is -0.835. The number of nitro benzene ring substituents is 1. The van der Waals surface area contributed by atoms with E-state index in [4.69, 9.17) is 9.47 Å². The van der Waals surface area contributed by atoms with Gasteiger partial charge in [0, 0.05) is 12.1 Å². The van der Waals surface area contributed by atoms with Crippen molar-refractivity contribution in [3.63, 3.8) is 0 Å². The number of hydrogen-bond donors (Lipinski definition) is 0. The number of esters is 2. The Morgan fingerprint density at radius 1 is 0.750 bits per heavy atom. The first-order valence-corrected chi connectivity index (χ1v) is 11.2. The summed E-state index contributed by atoms with van der Waals surface area (Å²) in [7, 11) is 0. The van der Waals surface area contributed by atoms with Crippen molar-refractivity contribution in [1.82, 2.24) is 0 Å². The van der Waals surface area contributed by atoms with Crippen LogP contribution >= 0.6 is 0 Å². The fourth-order valence-corrected chi connectivity index (χ4v) is 3.21. The average Bonchev–Trinajstić information content (AvgIpc) is 2.80. The molecule has 0 heterocycles. The molecular weight excluding hydrogens is 410 g/mol. The molecule has 32 heavy (non-hydrogen) atoms. The van der Waals surface area contributed by atoms with E-state index in [9.17, 15) is 19.7 Å². The first kappa shape index (κ1) is 25.0. The Bertz CT molecular complexity index is 861. The molecule has 0 radical (unpaired) electrons. The number of unbranched alkanes of at least 4 members (excludes halogenated alkanes) is 8. The van der Waals surface area contributed by atoms with Crippen LogP contribution in [-0.2, 0) is 4.74 Å². The van der Waals surface area contributed by atoms with Gasteiger partial charge in [-0.15, -0.1) is 0 Å². The van der Waals surface area contributed by atoms with Crippen LogP contribution in [0.3, 0.4) is 0 Å². The van der Waals surface area contributed by atoms with Crippen LogP contribution in [0.4, 0.5) is 5.69 Å². The van der Waals surface area contributed by atoms with Crippen molar-refractivity contribution in [2.75, 3.05) is 6.61 Å². The highest BCUT2D eigenvalue weighted by atomic mass is 16.6. The highest BCUT2D eigenvalue weighted by Crippen LogP contribution is 2.19. The van der Waals surface area contributed by atoms with Crippen molar-refractivity contribution < 1.29 is 24.0 Å². The van der Waals surface area contributed by atoms with Crippen LogP contribution in [-0.4, -0.2) is 23.5 Å². The number of non-ortho nitro benzene ring substituents is 1. The number of nitro groups is 1. The second-order valence-corrected chi connectivity index (χ2v) is 7.68. The quantitative estimate of drug-likeness (QED) is 0.109. The normalized spacial score (nSPS) is 10.5. The third-order valence-corrected chi connectivity index (χ3v) is 5.10. The first-order chi connectivity index (χ1) is 15.5. The highest BCUT2D eigenvalue weighted by molar-refractivity contribution is 5.94. The fraction of sp³-hybridized carbons (Fsp3) is 0.440. The SMILES string of the molecule is CCCCCCCCCCCOC(=O)c1ccc(C(=O)Oc2ccc([N+](=O)[O-])cc2)cc1. The van der Waals surface area contributed by atoms with E-state index in [1.165, 1.54) is 87.1 Å². The molecule has 0 bridgehead atoms. The second-order valence-electron chi connectivity index (χ2n) is 7.68. The van der Waals surface area contributed by atoms with Gasteiger partial charge in [-0.2, -0.15) is 0 Å². The second kappa shape index (κ2) is 14.0. The Labute approximate surface area is 188 Å². The van der Waals surface area contributed by atoms with Gasteiger partial charge in [0.2, 0.25) is 0 Å². The third kappa shape index (κ3) is 8.88. The minimum absolute atomic E-state index is 0.0879. The van der Waals surface area contributed by atoms with Crippen LogP contribution in [0.25, 0.3) is 0 Å². The maximum absolute atomic E-state index is 12.2. The predicted molar refractivity (Wildman–Crippen MR) is 122 cm³/mol. The zero-order valence-electron chi connectivity index (χ0n) is 18.6. The van der Waals surface area contributed by atoms with Gasteiger partial charge in [-0.1, -0.05) is 58.3 Å². The standard InChI is InChI=1S/C25H31NO6/c1-2-3-4-5-6-7-8-9-10-19-31-24(27)20-11-13-21(14-12-20)25(28)32-23-17-15-22(16-18-23)26(29)30/h11-18H,2-10,19H2,1H3. The highest BCUT2D eigenvalue weighted by Gasteiger charge is 2.13. The number of benzene rings is 2. The van der Waals surface area contributed by atoms with Gasteiger partial charge >= 0.3 is 11.9 Å². The van der Waals surface area contributed by atoms with E-state index < -0.39 is 16.9 Å². The van der Waals surface area contributed by atoms with Gasteiger partial charge in [-0.05, 0) is 42.8 Å². The van der Waals surface area contributed by atoms with Crippen molar-refractivity contribution in [1.29, 1.82) is 0 Å². The summed E-state index contributed by atoms with van der Waals surface area (Å²) >= 11 is 0. The molecule has 0 saturated heterocycles. The minimum Gasteiger partial charge on any atom is -0.462 e. The summed E-state index contributed by atoms with van der Waals surface area (Å²) in [5, 5.41) is 10.7. The molecule has 0 aliphatic carbocycles. The first-order valence-electron chi connectivity index (χ1n) is 11.2. The minimum atomic E-state index is -0.617. The Hall–Kier alpha value is -3.22. The maximum atomic E-state index is 12.2. The van der Waals surface area contributed by atoms with Crippen molar-refractivity contribution >= 4 is 17.6 Å². The lowest BCUT2D eigenvalue weighted by atomic mass is 10.1. The van der Waals surface area contributed by atoms with E-state index in [0.29, 0.717) is 12.2 Å². The Morgan fingerprint density at radius 3 is 1.78 bits per heavy atom. The third-order valence-electron chi connectivity index (χ3n) is 5.10. The maximum Gasteiger partial charge on any atom is 0.343 e. The zero-order valence-corrected chi connectivity index (χ0v) is 18.6. The molecule has 0 aliphatic rings. The summed E-state index contributed by atoms with van der Waals surface area (Å²) in [6.07, 6.45) is 10.8. The Balaban J connectivity index is 1.68. The molecule has 0 atom stereocenters. The van der Waals surface area contributed by atoms with E-state index in [-0.39, 0.29) is 17.0 Å². The van der Waals surface area contributed by atoms with Crippen LogP contribution in [0, 0.1) is 10.1 Å². The van der Waals surface area contributed by atoms with Crippen LogP contribution in [0.15, 0.2) is 48.5 Å². The molecule has 2 rings (SSSR count). The van der Waals surface area contributed by atoms with Gasteiger partial charge in [0.25, 0.3) is 5.69 Å². The smallest absolute Gasteiger partial charge is 0.343 e. The van der Waals surface area contributed by atoms with Crippen LogP contribution in [0.1, 0.15) is 85.4 Å². The molecule has 0 fully saturated rings. The largest absolute Gasteiger partial charge is 0.462 e. The van der Waals surface area contributed by atoms with Gasteiger partial charge in [-0.3, -0.25) is 10.1 Å². The summed E-state index contributed by atoms with van der Waals surface area (Å²) in [6, 6.07) is 11.2.